The quantitative estimate of drug-likeness (QED) is 0.112. The lowest BCUT2D eigenvalue weighted by molar-refractivity contribution is -0.398. The molecule has 0 aromatic heterocycles. The van der Waals surface area contributed by atoms with Gasteiger partial charge in [-0.2, -0.15) is 0 Å². The average Bonchev–Trinajstić information content (AvgIpc) is 3.35. The molecule has 0 aliphatic carbocycles. The van der Waals surface area contributed by atoms with Gasteiger partial charge in [-0.1, -0.05) is 57.9 Å². The first-order chi connectivity index (χ1) is 34.7. The van der Waals surface area contributed by atoms with Crippen molar-refractivity contribution in [1.29, 1.82) is 0 Å². The minimum Gasteiger partial charge on any atom is -0.454 e. The highest BCUT2D eigenvalue weighted by molar-refractivity contribution is 5.87. The first-order valence-corrected chi connectivity index (χ1v) is 26.0. The molecule has 422 valence electrons. The Kier molecular flexibility index (Phi) is 22.6. The summed E-state index contributed by atoms with van der Waals surface area (Å²) in [5.41, 5.74) is 0.137. The maximum atomic E-state index is 13.2. The highest BCUT2D eigenvalue weighted by Crippen LogP contribution is 2.37. The summed E-state index contributed by atoms with van der Waals surface area (Å²) in [6, 6.07) is 0. The largest absolute Gasteiger partial charge is 0.454 e. The third kappa shape index (κ3) is 14.7. The number of fused-ring (bicyclic) bond motifs is 5. The van der Waals surface area contributed by atoms with Gasteiger partial charge in [-0.15, -0.1) is 0 Å². The molecule has 6 aliphatic heterocycles. The van der Waals surface area contributed by atoms with Gasteiger partial charge in [0.05, 0.1) is 37.1 Å². The van der Waals surface area contributed by atoms with Gasteiger partial charge in [0, 0.05) is 12.0 Å². The molecule has 10 N–H and O–H groups in total. The van der Waals surface area contributed by atoms with Crippen molar-refractivity contribution >= 4 is 11.9 Å². The molecule has 24 heteroatoms. The van der Waals surface area contributed by atoms with Crippen molar-refractivity contribution in [2.45, 2.75) is 279 Å². The highest BCUT2D eigenvalue weighted by Gasteiger charge is 2.56. The number of ether oxygens (including phenoxy) is 12. The summed E-state index contributed by atoms with van der Waals surface area (Å²) in [5, 5.41) is 113. The fourth-order valence-electron chi connectivity index (χ4n) is 9.83. The molecule has 24 nitrogen and oxygen atoms in total. The fourth-order valence-corrected chi connectivity index (χ4v) is 9.83. The lowest BCUT2D eigenvalue weighted by atomic mass is 9.96. The molecule has 26 unspecified atom stereocenters. The van der Waals surface area contributed by atoms with Crippen LogP contribution in [0.4, 0.5) is 0 Å². The van der Waals surface area contributed by atoms with Gasteiger partial charge in [-0.3, -0.25) is 4.79 Å². The third-order valence-corrected chi connectivity index (χ3v) is 14.7. The Bertz CT molecular complexity index is 1740. The Morgan fingerprint density at radius 3 is 1.66 bits per heavy atom. The second kappa shape index (κ2) is 27.5. The number of aliphatic hydroxyl groups excluding tert-OH is 10. The molecule has 6 heterocycles. The van der Waals surface area contributed by atoms with E-state index >= 15 is 0 Å². The first kappa shape index (κ1) is 60.1. The van der Waals surface area contributed by atoms with E-state index in [0.717, 1.165) is 38.5 Å². The molecule has 0 amide bonds. The number of allylic oxidation sites excluding steroid dienone is 1. The highest BCUT2D eigenvalue weighted by atomic mass is 16.8. The second-order valence-corrected chi connectivity index (χ2v) is 20.3. The SMILES string of the molecule is CC=C(C)C(=O)OC1C(OC2C3OC(COC4OC(C)C(O)C(O)C4OC4OC(C)C(O)C(O)C4OC(=O)CCCCCCCCCC(CCC)OC4OC(C)C(O)C(O)C4O3)C(O)C2O)OC(C)C(O)C1O. The van der Waals surface area contributed by atoms with Gasteiger partial charge < -0.3 is 108 Å². The van der Waals surface area contributed by atoms with Crippen LogP contribution in [0.3, 0.4) is 0 Å². The molecule has 6 fully saturated rings. The van der Waals surface area contributed by atoms with E-state index in [1.807, 2.05) is 6.92 Å². The van der Waals surface area contributed by atoms with Gasteiger partial charge in [0.25, 0.3) is 0 Å². The molecular formula is C49H82O24. The molecular weight excluding hydrogens is 973 g/mol. The third-order valence-electron chi connectivity index (χ3n) is 14.7. The average molecular weight is 1060 g/mol. The van der Waals surface area contributed by atoms with Crippen molar-refractivity contribution in [3.63, 3.8) is 0 Å². The van der Waals surface area contributed by atoms with Crippen LogP contribution in [-0.4, -0.2) is 229 Å². The molecule has 2 bridgehead atoms. The van der Waals surface area contributed by atoms with E-state index in [4.69, 9.17) is 56.8 Å². The Morgan fingerprint density at radius 1 is 0.562 bits per heavy atom. The smallest absolute Gasteiger partial charge is 0.333 e. The predicted octanol–water partition coefficient (Wildman–Crippen LogP) is -1.03. The van der Waals surface area contributed by atoms with Crippen molar-refractivity contribution in [2.75, 3.05) is 6.61 Å². The van der Waals surface area contributed by atoms with Crippen molar-refractivity contribution in [3.05, 3.63) is 11.6 Å². The Balaban J connectivity index is 1.35. The molecule has 6 aliphatic rings. The normalized spacial score (nSPS) is 47.7. The van der Waals surface area contributed by atoms with E-state index in [1.54, 1.807) is 13.8 Å². The molecule has 0 spiro atoms. The molecule has 6 rings (SSSR count). The molecule has 73 heavy (non-hydrogen) atoms. The number of rotatable bonds is 6. The summed E-state index contributed by atoms with van der Waals surface area (Å²) in [4.78, 5) is 26.3. The molecule has 0 aromatic rings. The van der Waals surface area contributed by atoms with Crippen LogP contribution in [0.25, 0.3) is 0 Å². The summed E-state index contributed by atoms with van der Waals surface area (Å²) in [7, 11) is 0. The number of carbonyl (C=O) groups is 2. The minimum absolute atomic E-state index is 0.0162. The van der Waals surface area contributed by atoms with Crippen molar-refractivity contribution in [3.8, 4) is 0 Å². The van der Waals surface area contributed by atoms with Crippen LogP contribution < -0.4 is 0 Å². The van der Waals surface area contributed by atoms with E-state index in [2.05, 4.69) is 0 Å². The first-order valence-electron chi connectivity index (χ1n) is 26.0. The minimum atomic E-state index is -2.03. The monoisotopic (exact) mass is 1050 g/mol. The van der Waals surface area contributed by atoms with Crippen LogP contribution in [0.15, 0.2) is 11.6 Å². The topological polar surface area (TPSA) is 347 Å². The van der Waals surface area contributed by atoms with Gasteiger partial charge >= 0.3 is 11.9 Å². The fraction of sp³-hybridized carbons (Fsp3) is 0.918. The van der Waals surface area contributed by atoms with E-state index < -0.39 is 178 Å². The Morgan fingerprint density at radius 2 is 1.05 bits per heavy atom. The zero-order valence-electron chi connectivity index (χ0n) is 42.8. The molecule has 0 saturated carbocycles. The van der Waals surface area contributed by atoms with Crippen molar-refractivity contribution in [1.82, 2.24) is 0 Å². The second-order valence-electron chi connectivity index (χ2n) is 20.3. The van der Waals surface area contributed by atoms with Crippen molar-refractivity contribution < 1.29 is 117 Å². The number of hydrogen-bond acceptors (Lipinski definition) is 24. The Hall–Kier alpha value is -2.12. The maximum Gasteiger partial charge on any atom is 0.333 e. The van der Waals surface area contributed by atoms with Crippen LogP contribution in [0, 0.1) is 0 Å². The van der Waals surface area contributed by atoms with Gasteiger partial charge in [0.1, 0.15) is 85.5 Å². The standard InChI is InChI=1S/C49H82O24/c1-8-17-26-18-15-13-11-10-12-14-16-19-28(50)69-40-35(57)30(52)24(6)65-47(40)71-39-34(56)29(51)22(4)63-45(39)62-20-27-33(55)38(60)43(49(68-27)73-42-37(59)32(54)23(5)64-46(42)67-26)72-48-41(70-44(61)21(3)9-2)36(58)31(53)25(7)66-48/h9,22-27,29-43,45-49,51-60H,8,10-20H2,1-7H3. The maximum absolute atomic E-state index is 13.2. The lowest BCUT2D eigenvalue weighted by Gasteiger charge is -2.49. The summed E-state index contributed by atoms with van der Waals surface area (Å²) in [5.74, 6) is -1.60. The Labute approximate surface area is 425 Å². The van der Waals surface area contributed by atoms with Gasteiger partial charge in [0.15, 0.2) is 43.7 Å². The predicted molar refractivity (Wildman–Crippen MR) is 247 cm³/mol. The van der Waals surface area contributed by atoms with E-state index in [9.17, 15) is 60.7 Å². The van der Waals surface area contributed by atoms with E-state index in [1.165, 1.54) is 33.8 Å². The number of carbonyl (C=O) groups excluding carboxylic acids is 2. The summed E-state index contributed by atoms with van der Waals surface area (Å²) >= 11 is 0. The zero-order chi connectivity index (χ0) is 53.4. The van der Waals surface area contributed by atoms with E-state index in [0.29, 0.717) is 25.7 Å². The van der Waals surface area contributed by atoms with E-state index in [-0.39, 0.29) is 12.0 Å². The number of aliphatic hydroxyl groups is 10. The number of hydrogen-bond donors (Lipinski definition) is 10. The van der Waals surface area contributed by atoms with Gasteiger partial charge in [-0.25, -0.2) is 4.79 Å². The summed E-state index contributed by atoms with van der Waals surface area (Å²) in [6.07, 6.45) is -31.4. The molecule has 0 aromatic carbocycles. The van der Waals surface area contributed by atoms with Crippen LogP contribution in [0.5, 0.6) is 0 Å². The zero-order valence-corrected chi connectivity index (χ0v) is 42.8. The molecule has 26 atom stereocenters. The molecule has 0 radical (unpaired) electrons. The lowest BCUT2D eigenvalue weighted by Crippen LogP contribution is -2.67. The van der Waals surface area contributed by atoms with Crippen LogP contribution in [0.1, 0.15) is 119 Å². The van der Waals surface area contributed by atoms with Gasteiger partial charge in [0.2, 0.25) is 0 Å². The van der Waals surface area contributed by atoms with Crippen LogP contribution in [0.2, 0.25) is 0 Å². The van der Waals surface area contributed by atoms with Crippen LogP contribution >= 0.6 is 0 Å². The van der Waals surface area contributed by atoms with Gasteiger partial charge in [-0.05, 0) is 60.8 Å². The molecule has 6 saturated heterocycles. The summed E-state index contributed by atoms with van der Waals surface area (Å²) in [6.45, 7) is 10.1. The van der Waals surface area contributed by atoms with Crippen LogP contribution in [-0.2, 0) is 66.4 Å². The van der Waals surface area contributed by atoms with Crippen molar-refractivity contribution in [2.24, 2.45) is 0 Å². The number of esters is 2. The summed E-state index contributed by atoms with van der Waals surface area (Å²) < 4.78 is 73.0.